The summed E-state index contributed by atoms with van der Waals surface area (Å²) < 4.78 is 1.70. The van der Waals surface area contributed by atoms with Gasteiger partial charge in [-0.1, -0.05) is 11.6 Å². The summed E-state index contributed by atoms with van der Waals surface area (Å²) in [7, 11) is 0. The van der Waals surface area contributed by atoms with Gasteiger partial charge in [0.25, 0.3) is 0 Å². The summed E-state index contributed by atoms with van der Waals surface area (Å²) >= 11 is 5.60. The molecule has 8 heteroatoms. The zero-order valence-corrected chi connectivity index (χ0v) is 10.8. The Labute approximate surface area is 114 Å². The van der Waals surface area contributed by atoms with Crippen molar-refractivity contribution in [2.24, 2.45) is 0 Å². The number of hydrogen-bond acceptors (Lipinski definition) is 6. The lowest BCUT2D eigenvalue weighted by atomic mass is 10.1. The maximum absolute atomic E-state index is 9.49. The van der Waals surface area contributed by atoms with Crippen molar-refractivity contribution >= 4 is 28.6 Å². The number of halogens is 1. The molecule has 0 aliphatic rings. The molecule has 1 unspecified atom stereocenters. The molecule has 0 radical (unpaired) electrons. The third-order valence-corrected chi connectivity index (χ3v) is 3.16. The van der Waals surface area contributed by atoms with Gasteiger partial charge in [0.1, 0.15) is 11.8 Å². The summed E-state index contributed by atoms with van der Waals surface area (Å²) in [4.78, 5) is 12.1. The summed E-state index contributed by atoms with van der Waals surface area (Å²) in [6.45, 7) is -0.298. The van der Waals surface area contributed by atoms with E-state index >= 15 is 0 Å². The zero-order chi connectivity index (χ0) is 13.8. The molecule has 0 saturated heterocycles. The van der Waals surface area contributed by atoms with E-state index in [-0.39, 0.29) is 25.1 Å². The maximum Gasteiger partial charge on any atom is 0.165 e. The summed E-state index contributed by atoms with van der Waals surface area (Å²) in [6.07, 6.45) is 3.28. The number of hydrogen-bond donors (Lipinski definition) is 3. The Morgan fingerprint density at radius 1 is 1.42 bits per heavy atom. The minimum absolute atomic E-state index is 0.135. The topological polar surface area (TPSA) is 110 Å². The van der Waals surface area contributed by atoms with E-state index in [9.17, 15) is 5.11 Å². The molecule has 2 aromatic rings. The molecule has 0 aliphatic carbocycles. The normalized spacial score (nSPS) is 13.9. The quantitative estimate of drug-likeness (QED) is 0.735. The SMILES string of the molecule is Nc1ncnc2c1ncn2C(CO)CC(=CCl)CO. The third-order valence-electron chi connectivity index (χ3n) is 2.85. The van der Waals surface area contributed by atoms with Gasteiger partial charge in [-0.3, -0.25) is 0 Å². The number of rotatable bonds is 5. The van der Waals surface area contributed by atoms with Crippen LogP contribution in [0.3, 0.4) is 0 Å². The third kappa shape index (κ3) is 2.67. The van der Waals surface area contributed by atoms with Crippen LogP contribution in [-0.4, -0.2) is 42.9 Å². The van der Waals surface area contributed by atoms with Crippen LogP contribution in [0.4, 0.5) is 5.82 Å². The number of aromatic nitrogens is 4. The first-order valence-electron chi connectivity index (χ1n) is 5.64. The first kappa shape index (κ1) is 13.7. The highest BCUT2D eigenvalue weighted by atomic mass is 35.5. The summed E-state index contributed by atoms with van der Waals surface area (Å²) in [6, 6.07) is -0.323. The second-order valence-corrected chi connectivity index (χ2v) is 4.27. The van der Waals surface area contributed by atoms with Crippen molar-refractivity contribution in [1.29, 1.82) is 0 Å². The molecule has 7 nitrogen and oxygen atoms in total. The molecule has 19 heavy (non-hydrogen) atoms. The van der Waals surface area contributed by atoms with Gasteiger partial charge in [-0.05, 0) is 12.0 Å². The van der Waals surface area contributed by atoms with Crippen LogP contribution in [0.2, 0.25) is 0 Å². The van der Waals surface area contributed by atoms with Gasteiger partial charge >= 0.3 is 0 Å². The van der Waals surface area contributed by atoms with Crippen LogP contribution in [0.15, 0.2) is 23.8 Å². The Bertz CT molecular complexity index is 598. The molecule has 2 heterocycles. The number of aliphatic hydroxyl groups excluding tert-OH is 2. The summed E-state index contributed by atoms with van der Waals surface area (Å²) in [5, 5.41) is 18.6. The van der Waals surface area contributed by atoms with Crippen molar-refractivity contribution in [2.75, 3.05) is 18.9 Å². The minimum Gasteiger partial charge on any atom is -0.394 e. The molecule has 0 spiro atoms. The lowest BCUT2D eigenvalue weighted by Crippen LogP contribution is -2.15. The second-order valence-electron chi connectivity index (χ2n) is 4.05. The van der Waals surface area contributed by atoms with Crippen LogP contribution in [0.5, 0.6) is 0 Å². The summed E-state index contributed by atoms with van der Waals surface area (Å²) in [5.41, 5.74) is 8.66. The Kier molecular flexibility index (Phi) is 4.31. The second kappa shape index (κ2) is 5.96. The van der Waals surface area contributed by atoms with Crippen molar-refractivity contribution in [3.63, 3.8) is 0 Å². The number of anilines is 1. The van der Waals surface area contributed by atoms with Crippen molar-refractivity contribution in [3.05, 3.63) is 23.8 Å². The largest absolute Gasteiger partial charge is 0.394 e. The molecule has 2 rings (SSSR count). The van der Waals surface area contributed by atoms with Gasteiger partial charge in [0.15, 0.2) is 11.5 Å². The molecular formula is C11H14ClN5O2. The molecule has 0 fully saturated rings. The molecule has 0 saturated carbocycles. The van der Waals surface area contributed by atoms with Gasteiger partial charge < -0.3 is 20.5 Å². The number of fused-ring (bicyclic) bond motifs is 1. The predicted octanol–water partition coefficient (Wildman–Crippen LogP) is 0.447. The number of nitrogens with zero attached hydrogens (tertiary/aromatic N) is 4. The Hall–Kier alpha value is -1.70. The maximum atomic E-state index is 9.49. The first-order valence-corrected chi connectivity index (χ1v) is 6.07. The van der Waals surface area contributed by atoms with Crippen molar-refractivity contribution in [3.8, 4) is 0 Å². The lowest BCUT2D eigenvalue weighted by molar-refractivity contribution is 0.223. The first-order chi connectivity index (χ1) is 9.21. The van der Waals surface area contributed by atoms with Gasteiger partial charge in [-0.25, -0.2) is 15.0 Å². The standard InChI is InChI=1S/C11H14ClN5O2/c12-2-7(3-18)1-8(4-19)17-6-16-9-10(13)14-5-15-11(9)17/h2,5-6,8,18-19H,1,3-4H2,(H2,13,14,15). The van der Waals surface area contributed by atoms with Gasteiger partial charge in [0, 0.05) is 5.54 Å². The van der Waals surface area contributed by atoms with Gasteiger partial charge in [0.2, 0.25) is 0 Å². The van der Waals surface area contributed by atoms with Gasteiger partial charge in [0.05, 0.1) is 25.6 Å². The average molecular weight is 284 g/mol. The number of nitrogen functional groups attached to an aromatic ring is 1. The van der Waals surface area contributed by atoms with Crippen LogP contribution in [0.25, 0.3) is 11.2 Å². The fraction of sp³-hybridized carbons (Fsp3) is 0.364. The monoisotopic (exact) mass is 283 g/mol. The zero-order valence-electron chi connectivity index (χ0n) is 10.1. The number of nitrogens with two attached hydrogens (primary N) is 1. The fourth-order valence-electron chi connectivity index (χ4n) is 1.83. The van der Waals surface area contributed by atoms with E-state index in [0.29, 0.717) is 23.2 Å². The van der Waals surface area contributed by atoms with Gasteiger partial charge in [-0.2, -0.15) is 0 Å². The van der Waals surface area contributed by atoms with Crippen LogP contribution < -0.4 is 5.73 Å². The molecule has 4 N–H and O–H groups in total. The Morgan fingerprint density at radius 2 is 2.21 bits per heavy atom. The van der Waals surface area contributed by atoms with Crippen LogP contribution in [-0.2, 0) is 0 Å². The van der Waals surface area contributed by atoms with E-state index in [0.717, 1.165) is 0 Å². The van der Waals surface area contributed by atoms with Crippen LogP contribution in [0, 0.1) is 0 Å². The average Bonchev–Trinajstić information content (AvgIpc) is 2.86. The predicted molar refractivity (Wildman–Crippen MR) is 71.5 cm³/mol. The highest BCUT2D eigenvalue weighted by Gasteiger charge is 2.17. The highest BCUT2D eigenvalue weighted by Crippen LogP contribution is 2.23. The van der Waals surface area contributed by atoms with Crippen LogP contribution >= 0.6 is 11.6 Å². The molecule has 0 aromatic carbocycles. The van der Waals surface area contributed by atoms with E-state index in [1.165, 1.54) is 11.9 Å². The number of imidazole rings is 1. The fourth-order valence-corrected chi connectivity index (χ4v) is 1.99. The number of aliphatic hydroxyl groups is 2. The van der Waals surface area contributed by atoms with E-state index in [4.69, 9.17) is 22.4 Å². The van der Waals surface area contributed by atoms with Crippen molar-refractivity contribution in [1.82, 2.24) is 19.5 Å². The lowest BCUT2D eigenvalue weighted by Gasteiger charge is -2.17. The van der Waals surface area contributed by atoms with E-state index in [1.54, 1.807) is 10.9 Å². The van der Waals surface area contributed by atoms with Crippen molar-refractivity contribution in [2.45, 2.75) is 12.5 Å². The molecule has 0 aliphatic heterocycles. The molecule has 0 amide bonds. The Morgan fingerprint density at radius 3 is 2.84 bits per heavy atom. The van der Waals surface area contributed by atoms with Crippen LogP contribution in [0.1, 0.15) is 12.5 Å². The van der Waals surface area contributed by atoms with E-state index in [1.807, 2.05) is 0 Å². The Balaban J connectivity index is 2.39. The smallest absolute Gasteiger partial charge is 0.165 e. The molecule has 102 valence electrons. The minimum atomic E-state index is -0.323. The summed E-state index contributed by atoms with van der Waals surface area (Å²) in [5.74, 6) is 0.288. The molecule has 0 bridgehead atoms. The highest BCUT2D eigenvalue weighted by molar-refractivity contribution is 6.25. The van der Waals surface area contributed by atoms with E-state index in [2.05, 4.69) is 15.0 Å². The molecule has 2 aromatic heterocycles. The van der Waals surface area contributed by atoms with Crippen molar-refractivity contribution < 1.29 is 10.2 Å². The van der Waals surface area contributed by atoms with Gasteiger partial charge in [-0.15, -0.1) is 0 Å². The molecular weight excluding hydrogens is 270 g/mol. The van der Waals surface area contributed by atoms with E-state index < -0.39 is 0 Å². The molecule has 1 atom stereocenters.